The minimum atomic E-state index is -3.43. The first-order chi connectivity index (χ1) is 12.8. The normalized spacial score (nSPS) is 23.3. The first-order valence-corrected chi connectivity index (χ1v) is 11.6. The Morgan fingerprint density at radius 3 is 2.44 bits per heavy atom. The van der Waals surface area contributed by atoms with Crippen LogP contribution in [0.5, 0.6) is 0 Å². The third-order valence-corrected chi connectivity index (χ3v) is 7.60. The molecule has 0 bridgehead atoms. The second kappa shape index (κ2) is 8.60. The van der Waals surface area contributed by atoms with Gasteiger partial charge in [-0.15, -0.1) is 0 Å². The number of hydrogen-bond donors (Lipinski definition) is 0. The van der Waals surface area contributed by atoms with Crippen LogP contribution in [-0.4, -0.2) is 50.7 Å². The van der Waals surface area contributed by atoms with Crippen LogP contribution in [0.3, 0.4) is 0 Å². The highest BCUT2D eigenvalue weighted by Gasteiger charge is 2.44. The summed E-state index contributed by atoms with van der Waals surface area (Å²) < 4.78 is 39.4. The first kappa shape index (κ1) is 20.8. The molecule has 0 amide bonds. The SMILES string of the molecule is CCOCC1CCC2(CCN(S(=O)(=O)c3ccc(CC(C)C)cc3)CC2)O1. The molecular formula is C21H33NO4S. The van der Waals surface area contributed by atoms with Gasteiger partial charge in [0.15, 0.2) is 0 Å². The predicted octanol–water partition coefficient (Wildman–Crippen LogP) is 3.62. The van der Waals surface area contributed by atoms with Crippen LogP contribution in [0.15, 0.2) is 29.2 Å². The molecule has 1 aromatic carbocycles. The van der Waals surface area contributed by atoms with Crippen molar-refractivity contribution >= 4 is 10.0 Å². The molecule has 1 atom stereocenters. The predicted molar refractivity (Wildman–Crippen MR) is 106 cm³/mol. The molecule has 6 heteroatoms. The van der Waals surface area contributed by atoms with Crippen molar-refractivity contribution in [2.45, 2.75) is 69.5 Å². The van der Waals surface area contributed by atoms with E-state index in [0.717, 1.165) is 32.1 Å². The van der Waals surface area contributed by atoms with Crippen molar-refractivity contribution in [2.75, 3.05) is 26.3 Å². The van der Waals surface area contributed by atoms with E-state index in [1.54, 1.807) is 16.4 Å². The lowest BCUT2D eigenvalue weighted by Gasteiger charge is -2.38. The molecule has 152 valence electrons. The summed E-state index contributed by atoms with van der Waals surface area (Å²) in [6.45, 7) is 8.71. The summed E-state index contributed by atoms with van der Waals surface area (Å²) in [4.78, 5) is 0.396. The second-order valence-corrected chi connectivity index (χ2v) is 10.2. The molecule has 0 aromatic heterocycles. The summed E-state index contributed by atoms with van der Waals surface area (Å²) in [5.74, 6) is 0.559. The van der Waals surface area contributed by atoms with Crippen molar-refractivity contribution in [3.8, 4) is 0 Å². The van der Waals surface area contributed by atoms with Gasteiger partial charge in [-0.05, 0) is 62.6 Å². The summed E-state index contributed by atoms with van der Waals surface area (Å²) in [7, 11) is -3.43. The average Bonchev–Trinajstić information content (AvgIpc) is 3.03. The molecule has 27 heavy (non-hydrogen) atoms. The van der Waals surface area contributed by atoms with E-state index < -0.39 is 10.0 Å². The van der Waals surface area contributed by atoms with Gasteiger partial charge >= 0.3 is 0 Å². The number of ether oxygens (including phenoxy) is 2. The molecule has 2 saturated heterocycles. The number of sulfonamides is 1. The topological polar surface area (TPSA) is 55.8 Å². The Kier molecular flexibility index (Phi) is 6.62. The molecule has 2 fully saturated rings. The Morgan fingerprint density at radius 2 is 1.85 bits per heavy atom. The van der Waals surface area contributed by atoms with E-state index in [9.17, 15) is 8.42 Å². The average molecular weight is 396 g/mol. The van der Waals surface area contributed by atoms with Crippen LogP contribution in [0.4, 0.5) is 0 Å². The Labute approximate surface area is 164 Å². The van der Waals surface area contributed by atoms with Crippen molar-refractivity contribution in [1.29, 1.82) is 0 Å². The fourth-order valence-corrected chi connectivity index (χ4v) is 5.62. The smallest absolute Gasteiger partial charge is 0.243 e. The van der Waals surface area contributed by atoms with E-state index in [1.165, 1.54) is 5.56 Å². The largest absolute Gasteiger partial charge is 0.379 e. The molecule has 1 unspecified atom stereocenters. The maximum atomic E-state index is 13.0. The van der Waals surface area contributed by atoms with Gasteiger partial charge in [-0.25, -0.2) is 8.42 Å². The van der Waals surface area contributed by atoms with E-state index in [2.05, 4.69) is 13.8 Å². The van der Waals surface area contributed by atoms with Gasteiger partial charge in [0.05, 0.1) is 23.2 Å². The number of piperidine rings is 1. The second-order valence-electron chi connectivity index (χ2n) is 8.27. The zero-order chi connectivity index (χ0) is 19.5. The Bertz CT molecular complexity index is 706. The van der Waals surface area contributed by atoms with Crippen molar-refractivity contribution in [3.63, 3.8) is 0 Å². The van der Waals surface area contributed by atoms with Gasteiger partial charge in [0, 0.05) is 19.7 Å². The molecule has 0 N–H and O–H groups in total. The summed E-state index contributed by atoms with van der Waals surface area (Å²) in [5.41, 5.74) is 1.02. The number of nitrogens with zero attached hydrogens (tertiary/aromatic N) is 1. The minimum Gasteiger partial charge on any atom is -0.379 e. The fraction of sp³-hybridized carbons (Fsp3) is 0.714. The van der Waals surface area contributed by atoms with Crippen LogP contribution in [-0.2, 0) is 25.9 Å². The lowest BCUT2D eigenvalue weighted by atomic mass is 9.89. The van der Waals surface area contributed by atoms with Crippen LogP contribution in [0.25, 0.3) is 0 Å². The van der Waals surface area contributed by atoms with E-state index in [1.807, 2.05) is 19.1 Å². The van der Waals surface area contributed by atoms with Crippen LogP contribution >= 0.6 is 0 Å². The Morgan fingerprint density at radius 1 is 1.19 bits per heavy atom. The van der Waals surface area contributed by atoms with Gasteiger partial charge in [-0.2, -0.15) is 4.31 Å². The van der Waals surface area contributed by atoms with Crippen LogP contribution in [0.1, 0.15) is 52.0 Å². The number of benzene rings is 1. The Hall–Kier alpha value is -0.950. The lowest BCUT2D eigenvalue weighted by molar-refractivity contribution is -0.0900. The monoisotopic (exact) mass is 395 g/mol. The highest BCUT2D eigenvalue weighted by molar-refractivity contribution is 7.89. The fourth-order valence-electron chi connectivity index (χ4n) is 4.18. The van der Waals surface area contributed by atoms with Crippen molar-refractivity contribution in [3.05, 3.63) is 29.8 Å². The number of rotatable bonds is 7. The van der Waals surface area contributed by atoms with Gasteiger partial charge < -0.3 is 9.47 Å². The van der Waals surface area contributed by atoms with Crippen molar-refractivity contribution in [1.82, 2.24) is 4.31 Å². The van der Waals surface area contributed by atoms with Gasteiger partial charge in [0.2, 0.25) is 10.0 Å². The molecule has 0 saturated carbocycles. The highest BCUT2D eigenvalue weighted by atomic mass is 32.2. The van der Waals surface area contributed by atoms with Crippen LogP contribution in [0, 0.1) is 5.92 Å². The molecule has 0 aliphatic carbocycles. The van der Waals surface area contributed by atoms with Gasteiger partial charge in [-0.1, -0.05) is 26.0 Å². The maximum Gasteiger partial charge on any atom is 0.243 e. The quantitative estimate of drug-likeness (QED) is 0.707. The zero-order valence-electron chi connectivity index (χ0n) is 16.8. The van der Waals surface area contributed by atoms with Crippen molar-refractivity contribution < 1.29 is 17.9 Å². The summed E-state index contributed by atoms with van der Waals surface area (Å²) in [6.07, 6.45) is 4.65. The summed E-state index contributed by atoms with van der Waals surface area (Å²) in [6, 6.07) is 7.39. The third kappa shape index (κ3) is 4.91. The zero-order valence-corrected chi connectivity index (χ0v) is 17.6. The standard InChI is InChI=1S/C21H33NO4S/c1-4-25-16-19-9-10-21(26-19)11-13-22(14-12-21)27(23,24)20-7-5-18(6-8-20)15-17(2)3/h5-8,17,19H,4,9-16H2,1-3H3. The van der Waals surface area contributed by atoms with Crippen LogP contribution < -0.4 is 0 Å². The maximum absolute atomic E-state index is 13.0. The Balaban J connectivity index is 1.60. The minimum absolute atomic E-state index is 0.154. The first-order valence-electron chi connectivity index (χ1n) is 10.2. The molecule has 0 radical (unpaired) electrons. The van der Waals surface area contributed by atoms with Crippen LogP contribution in [0.2, 0.25) is 0 Å². The van der Waals surface area contributed by atoms with E-state index in [4.69, 9.17) is 9.47 Å². The molecule has 1 spiro atoms. The summed E-state index contributed by atoms with van der Waals surface area (Å²) in [5, 5.41) is 0. The van der Waals surface area contributed by atoms with E-state index >= 15 is 0 Å². The van der Waals surface area contributed by atoms with Gasteiger partial charge in [-0.3, -0.25) is 0 Å². The molecule has 5 nitrogen and oxygen atoms in total. The van der Waals surface area contributed by atoms with Gasteiger partial charge in [0.1, 0.15) is 0 Å². The molecule has 2 aliphatic heterocycles. The van der Waals surface area contributed by atoms with Crippen molar-refractivity contribution in [2.24, 2.45) is 5.92 Å². The molecule has 2 heterocycles. The van der Waals surface area contributed by atoms with E-state index in [-0.39, 0.29) is 11.7 Å². The van der Waals surface area contributed by atoms with Gasteiger partial charge in [0.25, 0.3) is 0 Å². The highest BCUT2D eigenvalue weighted by Crippen LogP contribution is 2.40. The third-order valence-electron chi connectivity index (χ3n) is 5.69. The van der Waals surface area contributed by atoms with E-state index in [0.29, 0.717) is 37.1 Å². The number of hydrogen-bond acceptors (Lipinski definition) is 4. The molecular weight excluding hydrogens is 362 g/mol. The molecule has 1 aromatic rings. The molecule has 3 rings (SSSR count). The lowest BCUT2D eigenvalue weighted by Crippen LogP contribution is -2.46. The molecule has 2 aliphatic rings. The summed E-state index contributed by atoms with van der Waals surface area (Å²) >= 11 is 0.